The Morgan fingerprint density at radius 1 is 1.19 bits per heavy atom. The molecule has 2 aromatic carbocycles. The summed E-state index contributed by atoms with van der Waals surface area (Å²) in [5, 5.41) is 20.6. The predicted molar refractivity (Wildman–Crippen MR) is 99.0 cm³/mol. The molecule has 2 atom stereocenters. The van der Waals surface area contributed by atoms with Crippen molar-refractivity contribution < 1.29 is 24.5 Å². The van der Waals surface area contributed by atoms with Crippen LogP contribution in [-0.4, -0.2) is 44.0 Å². The topological polar surface area (TPSA) is 88.0 Å². The highest BCUT2D eigenvalue weighted by molar-refractivity contribution is 5.73. The molecule has 1 aliphatic rings. The fourth-order valence-corrected chi connectivity index (χ4v) is 2.94. The van der Waals surface area contributed by atoms with E-state index in [9.17, 15) is 4.79 Å². The Hall–Kier alpha value is -2.57. The number of carbonyl (C=O) groups is 1. The molecule has 26 heavy (non-hydrogen) atoms. The van der Waals surface area contributed by atoms with Crippen LogP contribution in [0.25, 0.3) is 0 Å². The molecule has 0 saturated carbocycles. The minimum Gasteiger partial charge on any atom is -0.493 e. The van der Waals surface area contributed by atoms with E-state index in [1.165, 1.54) is 11.1 Å². The summed E-state index contributed by atoms with van der Waals surface area (Å²) in [6.45, 7) is 1.03. The number of hydrogen-bond donors (Lipinski definition) is 3. The highest BCUT2D eigenvalue weighted by Gasteiger charge is 2.27. The molecular weight excluding hydrogens is 334 g/mol. The number of rotatable bonds is 6. The zero-order valence-corrected chi connectivity index (χ0v) is 15.2. The van der Waals surface area contributed by atoms with Crippen molar-refractivity contribution in [2.75, 3.05) is 27.8 Å². The first-order valence-electron chi connectivity index (χ1n) is 8.37. The summed E-state index contributed by atoms with van der Waals surface area (Å²) < 4.78 is 10.5. The van der Waals surface area contributed by atoms with E-state index in [4.69, 9.17) is 19.7 Å². The standard InChI is InChI=1S/C12H17NO2.C8H8O3/c1-13-7-9-4-8-5-11(14-2)12(15-3)6-10(8)9;9-7(8(10)11)6-4-2-1-3-5-6/h5-6,9,13H,4,7H2,1-3H3;1-5,7,9H,(H,10,11)/t9-;7-/m10/s1. The number of fused-ring (bicyclic) bond motifs is 1. The van der Waals surface area contributed by atoms with Crippen LogP contribution in [0.5, 0.6) is 11.5 Å². The molecule has 0 fully saturated rings. The van der Waals surface area contributed by atoms with Crippen molar-refractivity contribution in [1.82, 2.24) is 5.32 Å². The van der Waals surface area contributed by atoms with Crippen molar-refractivity contribution in [3.63, 3.8) is 0 Å². The number of aliphatic hydroxyl groups excluding tert-OH is 1. The van der Waals surface area contributed by atoms with Gasteiger partial charge in [-0.25, -0.2) is 4.79 Å². The number of carboxylic acids is 1. The number of likely N-dealkylation sites (N-methyl/N-ethyl adjacent to an activating group) is 1. The fraction of sp³-hybridized carbons (Fsp3) is 0.350. The first-order valence-corrected chi connectivity index (χ1v) is 8.37. The van der Waals surface area contributed by atoms with Crippen LogP contribution in [0.1, 0.15) is 28.7 Å². The summed E-state index contributed by atoms with van der Waals surface area (Å²) in [4.78, 5) is 10.2. The molecule has 6 heteroatoms. The lowest BCUT2D eigenvalue weighted by molar-refractivity contribution is -0.146. The number of hydrogen-bond acceptors (Lipinski definition) is 5. The van der Waals surface area contributed by atoms with Crippen LogP contribution in [0.3, 0.4) is 0 Å². The van der Waals surface area contributed by atoms with E-state index in [1.807, 2.05) is 7.05 Å². The third-order valence-corrected chi connectivity index (χ3v) is 4.35. The zero-order chi connectivity index (χ0) is 19.1. The average molecular weight is 359 g/mol. The molecule has 0 spiro atoms. The van der Waals surface area contributed by atoms with E-state index in [-0.39, 0.29) is 0 Å². The molecule has 0 aromatic heterocycles. The summed E-state index contributed by atoms with van der Waals surface area (Å²) in [6, 6.07) is 12.4. The summed E-state index contributed by atoms with van der Waals surface area (Å²) >= 11 is 0. The van der Waals surface area contributed by atoms with Gasteiger partial charge in [0.2, 0.25) is 0 Å². The largest absolute Gasteiger partial charge is 0.493 e. The van der Waals surface area contributed by atoms with E-state index in [0.717, 1.165) is 24.5 Å². The number of carboxylic acid groups (broad SMARTS) is 1. The van der Waals surface area contributed by atoms with Crippen LogP contribution < -0.4 is 14.8 Å². The number of methoxy groups -OCH3 is 2. The number of aliphatic carboxylic acids is 1. The third kappa shape index (κ3) is 4.53. The van der Waals surface area contributed by atoms with Crippen LogP contribution in [-0.2, 0) is 11.2 Å². The van der Waals surface area contributed by atoms with Crippen molar-refractivity contribution in [2.24, 2.45) is 0 Å². The summed E-state index contributed by atoms with van der Waals surface area (Å²) in [6.07, 6.45) is -0.271. The molecule has 0 radical (unpaired) electrons. The van der Waals surface area contributed by atoms with Gasteiger partial charge in [-0.05, 0) is 42.3 Å². The van der Waals surface area contributed by atoms with Crippen LogP contribution >= 0.6 is 0 Å². The van der Waals surface area contributed by atoms with Gasteiger partial charge in [0.25, 0.3) is 0 Å². The SMILES string of the molecule is CNC[C@H]1Cc2cc(OC)c(OC)cc21.O=C(O)[C@@H](O)c1ccccc1. The van der Waals surface area contributed by atoms with E-state index >= 15 is 0 Å². The minimum atomic E-state index is -1.41. The first-order chi connectivity index (χ1) is 12.5. The van der Waals surface area contributed by atoms with Crippen molar-refractivity contribution in [1.29, 1.82) is 0 Å². The van der Waals surface area contributed by atoms with Gasteiger partial charge in [-0.1, -0.05) is 30.3 Å². The molecule has 6 nitrogen and oxygen atoms in total. The van der Waals surface area contributed by atoms with Crippen LogP contribution in [0.4, 0.5) is 0 Å². The Kier molecular flexibility index (Phi) is 7.00. The first kappa shape index (κ1) is 19.8. The Morgan fingerprint density at radius 2 is 1.81 bits per heavy atom. The van der Waals surface area contributed by atoms with Crippen molar-refractivity contribution in [3.8, 4) is 11.5 Å². The zero-order valence-electron chi connectivity index (χ0n) is 15.2. The van der Waals surface area contributed by atoms with Gasteiger partial charge in [-0.3, -0.25) is 0 Å². The minimum absolute atomic E-state index is 0.403. The quantitative estimate of drug-likeness (QED) is 0.734. The predicted octanol–water partition coefficient (Wildman–Crippen LogP) is 2.37. The molecule has 0 bridgehead atoms. The molecule has 3 rings (SSSR count). The summed E-state index contributed by atoms with van der Waals surface area (Å²) in [7, 11) is 5.34. The number of ether oxygens (including phenoxy) is 2. The highest BCUT2D eigenvalue weighted by Crippen LogP contribution is 2.41. The van der Waals surface area contributed by atoms with E-state index < -0.39 is 12.1 Å². The summed E-state index contributed by atoms with van der Waals surface area (Å²) in [5.74, 6) is 1.07. The van der Waals surface area contributed by atoms with Crippen LogP contribution in [0.2, 0.25) is 0 Å². The van der Waals surface area contributed by atoms with Gasteiger partial charge in [0, 0.05) is 12.5 Å². The Bertz CT molecular complexity index is 732. The highest BCUT2D eigenvalue weighted by atomic mass is 16.5. The molecule has 0 aliphatic heterocycles. The van der Waals surface area contributed by atoms with Gasteiger partial charge in [0.1, 0.15) is 0 Å². The fourth-order valence-electron chi connectivity index (χ4n) is 2.94. The van der Waals surface area contributed by atoms with E-state index in [1.54, 1.807) is 44.6 Å². The molecule has 2 aromatic rings. The second-order valence-electron chi connectivity index (χ2n) is 6.02. The van der Waals surface area contributed by atoms with Crippen molar-refractivity contribution in [2.45, 2.75) is 18.4 Å². The number of benzene rings is 2. The molecule has 0 heterocycles. The normalized spacial score (nSPS) is 15.6. The second kappa shape index (κ2) is 9.22. The van der Waals surface area contributed by atoms with Crippen LogP contribution in [0.15, 0.2) is 42.5 Å². The molecule has 0 amide bonds. The average Bonchev–Trinajstić information content (AvgIpc) is 2.66. The van der Waals surface area contributed by atoms with E-state index in [2.05, 4.69) is 17.4 Å². The van der Waals surface area contributed by atoms with Crippen molar-refractivity contribution in [3.05, 3.63) is 59.2 Å². The van der Waals surface area contributed by atoms with Gasteiger partial charge in [-0.15, -0.1) is 0 Å². The van der Waals surface area contributed by atoms with Gasteiger partial charge in [-0.2, -0.15) is 0 Å². The molecule has 1 aliphatic carbocycles. The maximum Gasteiger partial charge on any atom is 0.337 e. The molecular formula is C20H25NO5. The number of aliphatic hydroxyl groups is 1. The molecule has 0 saturated heterocycles. The maximum absolute atomic E-state index is 10.2. The Morgan fingerprint density at radius 3 is 2.35 bits per heavy atom. The maximum atomic E-state index is 10.2. The van der Waals surface area contributed by atoms with Gasteiger partial charge >= 0.3 is 5.97 Å². The Balaban J connectivity index is 0.000000197. The number of nitrogens with one attached hydrogen (secondary N) is 1. The van der Waals surface area contributed by atoms with Gasteiger partial charge in [0.05, 0.1) is 14.2 Å². The lowest BCUT2D eigenvalue weighted by atomic mass is 9.77. The van der Waals surface area contributed by atoms with Crippen LogP contribution in [0, 0.1) is 0 Å². The lowest BCUT2D eigenvalue weighted by Gasteiger charge is -2.31. The van der Waals surface area contributed by atoms with Gasteiger partial charge < -0.3 is 25.0 Å². The monoisotopic (exact) mass is 359 g/mol. The lowest BCUT2D eigenvalue weighted by Crippen LogP contribution is -2.27. The smallest absolute Gasteiger partial charge is 0.337 e. The third-order valence-electron chi connectivity index (χ3n) is 4.35. The second-order valence-corrected chi connectivity index (χ2v) is 6.02. The summed E-state index contributed by atoms with van der Waals surface area (Å²) in [5.41, 5.74) is 3.18. The molecule has 0 unspecified atom stereocenters. The Labute approximate surface area is 153 Å². The van der Waals surface area contributed by atoms with Gasteiger partial charge in [0.15, 0.2) is 17.6 Å². The molecule has 140 valence electrons. The van der Waals surface area contributed by atoms with E-state index in [0.29, 0.717) is 11.5 Å². The van der Waals surface area contributed by atoms with Crippen molar-refractivity contribution >= 4 is 5.97 Å². The molecule has 3 N–H and O–H groups in total.